The van der Waals surface area contributed by atoms with Gasteiger partial charge in [0.1, 0.15) is 0 Å². The average Bonchev–Trinajstić information content (AvgIpc) is 2.80. The second-order valence-electron chi connectivity index (χ2n) is 4.18. The highest BCUT2D eigenvalue weighted by atomic mass is 35.5. The van der Waals surface area contributed by atoms with E-state index in [1.807, 2.05) is 24.3 Å². The molecule has 1 heterocycles. The largest absolute Gasteiger partial charge is 0.399 e. The van der Waals surface area contributed by atoms with Crippen molar-refractivity contribution < 1.29 is 4.79 Å². The molecule has 1 amide bonds. The van der Waals surface area contributed by atoms with E-state index in [9.17, 15) is 4.79 Å². The van der Waals surface area contributed by atoms with Gasteiger partial charge < -0.3 is 5.73 Å². The number of nitrogens with one attached hydrogen (secondary N) is 1. The molecule has 0 fully saturated rings. The molecule has 0 saturated heterocycles. The lowest BCUT2D eigenvalue weighted by atomic mass is 10.2. The number of rotatable bonds is 2. The van der Waals surface area contributed by atoms with E-state index in [1.165, 1.54) is 11.3 Å². The number of nitrogens with two attached hydrogens (primary N) is 1. The number of thiazole rings is 1. The van der Waals surface area contributed by atoms with E-state index in [2.05, 4.69) is 10.3 Å². The van der Waals surface area contributed by atoms with Crippen molar-refractivity contribution in [3.8, 4) is 0 Å². The molecule has 0 saturated carbocycles. The van der Waals surface area contributed by atoms with Crippen molar-refractivity contribution in [1.29, 1.82) is 0 Å². The molecule has 3 N–H and O–H groups in total. The Hall–Kier alpha value is -2.11. The molecule has 0 aliphatic rings. The van der Waals surface area contributed by atoms with Crippen LogP contribution < -0.4 is 11.1 Å². The van der Waals surface area contributed by atoms with E-state index < -0.39 is 0 Å². The lowest BCUT2D eigenvalue weighted by molar-refractivity contribution is 0.102. The van der Waals surface area contributed by atoms with E-state index in [-0.39, 0.29) is 5.91 Å². The number of halogens is 1. The van der Waals surface area contributed by atoms with Gasteiger partial charge in [-0.3, -0.25) is 10.1 Å². The summed E-state index contributed by atoms with van der Waals surface area (Å²) in [6, 6.07) is 12.5. The van der Waals surface area contributed by atoms with Crippen molar-refractivity contribution in [1.82, 2.24) is 4.98 Å². The van der Waals surface area contributed by atoms with Crippen LogP contribution in [0.3, 0.4) is 0 Å². The summed E-state index contributed by atoms with van der Waals surface area (Å²) in [4.78, 5) is 16.5. The zero-order chi connectivity index (χ0) is 14.1. The topological polar surface area (TPSA) is 68.0 Å². The van der Waals surface area contributed by atoms with E-state index >= 15 is 0 Å². The van der Waals surface area contributed by atoms with Crippen LogP contribution in [0.5, 0.6) is 0 Å². The van der Waals surface area contributed by atoms with Gasteiger partial charge in [0, 0.05) is 5.69 Å². The number of para-hydroxylation sites is 1. The highest BCUT2D eigenvalue weighted by molar-refractivity contribution is 7.22. The normalized spacial score (nSPS) is 10.7. The van der Waals surface area contributed by atoms with Crippen molar-refractivity contribution in [3.63, 3.8) is 0 Å². The maximum absolute atomic E-state index is 12.2. The van der Waals surface area contributed by atoms with Crippen LogP contribution in [0.2, 0.25) is 5.02 Å². The van der Waals surface area contributed by atoms with Gasteiger partial charge >= 0.3 is 0 Å². The quantitative estimate of drug-likeness (QED) is 0.708. The molecule has 3 aromatic rings. The molecule has 0 atom stereocenters. The molecule has 3 rings (SSSR count). The molecule has 0 spiro atoms. The first-order valence-corrected chi connectivity index (χ1v) is 7.05. The fraction of sp³-hybridized carbons (Fsp3) is 0. The van der Waals surface area contributed by atoms with E-state index in [4.69, 9.17) is 17.3 Å². The molecular weight excluding hydrogens is 294 g/mol. The number of carbonyl (C=O) groups is 1. The number of hydrogen-bond acceptors (Lipinski definition) is 4. The van der Waals surface area contributed by atoms with Crippen LogP contribution >= 0.6 is 22.9 Å². The third-order valence-corrected chi connectivity index (χ3v) is 4.02. The lowest BCUT2D eigenvalue weighted by Crippen LogP contribution is -2.12. The molecular formula is C14H10ClN3OS. The highest BCUT2D eigenvalue weighted by Gasteiger charge is 2.13. The van der Waals surface area contributed by atoms with Gasteiger partial charge in [0.2, 0.25) is 0 Å². The van der Waals surface area contributed by atoms with Crippen LogP contribution in [0.15, 0.2) is 42.5 Å². The number of fused-ring (bicyclic) bond motifs is 1. The monoisotopic (exact) mass is 303 g/mol. The number of hydrogen-bond donors (Lipinski definition) is 2. The molecule has 4 nitrogen and oxygen atoms in total. The van der Waals surface area contributed by atoms with Gasteiger partial charge in [0.25, 0.3) is 5.91 Å². The number of anilines is 2. The number of nitrogen functional groups attached to an aromatic ring is 1. The third kappa shape index (κ3) is 2.45. The fourth-order valence-electron chi connectivity index (χ4n) is 1.81. The van der Waals surface area contributed by atoms with Crippen molar-refractivity contribution in [2.75, 3.05) is 11.1 Å². The summed E-state index contributed by atoms with van der Waals surface area (Å²) in [5.41, 5.74) is 7.36. The summed E-state index contributed by atoms with van der Waals surface area (Å²) in [6.07, 6.45) is 0. The van der Waals surface area contributed by atoms with Gasteiger partial charge in [0.05, 0.1) is 20.8 Å². The van der Waals surface area contributed by atoms with Gasteiger partial charge in [-0.25, -0.2) is 4.98 Å². The molecule has 1 aromatic heterocycles. The fourth-order valence-corrected chi connectivity index (χ4v) is 2.94. The number of nitrogens with zero attached hydrogens (tertiary/aromatic N) is 1. The molecule has 2 aromatic carbocycles. The predicted octanol–water partition coefficient (Wildman–Crippen LogP) is 3.78. The summed E-state index contributed by atoms with van der Waals surface area (Å²) in [7, 11) is 0. The van der Waals surface area contributed by atoms with Crippen LogP contribution in [0.1, 0.15) is 10.4 Å². The predicted molar refractivity (Wildman–Crippen MR) is 83.4 cm³/mol. The first-order chi connectivity index (χ1) is 9.63. The first-order valence-electron chi connectivity index (χ1n) is 5.85. The Morgan fingerprint density at radius 2 is 2.05 bits per heavy atom. The smallest absolute Gasteiger partial charge is 0.258 e. The Kier molecular flexibility index (Phi) is 3.30. The maximum Gasteiger partial charge on any atom is 0.258 e. The van der Waals surface area contributed by atoms with Crippen LogP contribution in [-0.4, -0.2) is 10.9 Å². The van der Waals surface area contributed by atoms with Crippen LogP contribution in [0.4, 0.5) is 10.8 Å². The summed E-state index contributed by atoms with van der Waals surface area (Å²) in [5.74, 6) is -0.297. The Bertz CT molecular complexity index is 767. The number of benzene rings is 2. The van der Waals surface area contributed by atoms with Gasteiger partial charge in [-0.2, -0.15) is 0 Å². The van der Waals surface area contributed by atoms with Crippen LogP contribution in [-0.2, 0) is 0 Å². The van der Waals surface area contributed by atoms with Gasteiger partial charge in [0.15, 0.2) is 5.13 Å². The SMILES string of the molecule is Nc1ccc(C(=O)Nc2nc3ccccc3s2)c(Cl)c1. The van der Waals surface area contributed by atoms with Gasteiger partial charge in [-0.05, 0) is 30.3 Å². The van der Waals surface area contributed by atoms with Crippen LogP contribution in [0, 0.1) is 0 Å². The third-order valence-electron chi connectivity index (χ3n) is 2.75. The van der Waals surface area contributed by atoms with Gasteiger partial charge in [-0.1, -0.05) is 35.1 Å². The Balaban J connectivity index is 1.88. The second kappa shape index (κ2) is 5.11. The zero-order valence-electron chi connectivity index (χ0n) is 10.3. The number of amides is 1. The highest BCUT2D eigenvalue weighted by Crippen LogP contribution is 2.27. The summed E-state index contributed by atoms with van der Waals surface area (Å²) >= 11 is 7.43. The van der Waals surface area contributed by atoms with Crippen molar-refractivity contribution in [3.05, 3.63) is 53.1 Å². The molecule has 100 valence electrons. The minimum Gasteiger partial charge on any atom is -0.399 e. The molecule has 0 radical (unpaired) electrons. The van der Waals surface area contributed by atoms with Crippen LogP contribution in [0.25, 0.3) is 10.2 Å². The van der Waals surface area contributed by atoms with E-state index in [0.29, 0.717) is 21.4 Å². The molecule has 0 unspecified atom stereocenters. The Labute approximate surface area is 124 Å². The van der Waals surface area contributed by atoms with Crippen molar-refractivity contribution in [2.45, 2.75) is 0 Å². The molecule has 6 heteroatoms. The van der Waals surface area contributed by atoms with Gasteiger partial charge in [-0.15, -0.1) is 0 Å². The van der Waals surface area contributed by atoms with Crippen molar-refractivity contribution >= 4 is 49.9 Å². The summed E-state index contributed by atoms with van der Waals surface area (Å²) < 4.78 is 1.02. The molecule has 0 bridgehead atoms. The summed E-state index contributed by atoms with van der Waals surface area (Å²) in [6.45, 7) is 0. The Morgan fingerprint density at radius 1 is 1.25 bits per heavy atom. The minimum atomic E-state index is -0.297. The van der Waals surface area contributed by atoms with E-state index in [0.717, 1.165) is 10.2 Å². The minimum absolute atomic E-state index is 0.297. The molecule has 0 aliphatic carbocycles. The zero-order valence-corrected chi connectivity index (χ0v) is 11.8. The first kappa shape index (κ1) is 12.9. The molecule has 20 heavy (non-hydrogen) atoms. The number of carbonyl (C=O) groups excluding carboxylic acids is 1. The van der Waals surface area contributed by atoms with E-state index in [1.54, 1.807) is 18.2 Å². The average molecular weight is 304 g/mol. The lowest BCUT2D eigenvalue weighted by Gasteiger charge is -2.04. The maximum atomic E-state index is 12.2. The van der Waals surface area contributed by atoms with Crippen molar-refractivity contribution in [2.24, 2.45) is 0 Å². The molecule has 0 aliphatic heterocycles. The second-order valence-corrected chi connectivity index (χ2v) is 5.62. The summed E-state index contributed by atoms with van der Waals surface area (Å²) in [5, 5.41) is 3.62. The standard InChI is InChI=1S/C14H10ClN3OS/c15-10-7-8(16)5-6-9(10)13(19)18-14-17-11-3-1-2-4-12(11)20-14/h1-7H,16H2,(H,17,18,19). The Morgan fingerprint density at radius 3 is 2.80 bits per heavy atom. The number of aromatic nitrogens is 1.